The third-order valence-corrected chi connectivity index (χ3v) is 4.16. The highest BCUT2D eigenvalue weighted by molar-refractivity contribution is 6.00. The maximum Gasteiger partial charge on any atom is 0.355 e. The summed E-state index contributed by atoms with van der Waals surface area (Å²) >= 11 is 0. The van der Waals surface area contributed by atoms with E-state index in [0.29, 0.717) is 22.5 Å². The average Bonchev–Trinajstić information content (AvgIpc) is 2.99. The first-order valence-electron chi connectivity index (χ1n) is 9.33. The van der Waals surface area contributed by atoms with E-state index in [1.807, 2.05) is 0 Å². The normalized spacial score (nSPS) is 10.5. The molecule has 3 N–H and O–H groups in total. The van der Waals surface area contributed by atoms with Gasteiger partial charge in [0.15, 0.2) is 6.61 Å². The summed E-state index contributed by atoms with van der Waals surface area (Å²) in [7, 11) is 1.51. The number of ether oxygens (including phenoxy) is 2. The van der Waals surface area contributed by atoms with Gasteiger partial charge in [0.2, 0.25) is 0 Å². The van der Waals surface area contributed by atoms with Gasteiger partial charge in [0.05, 0.1) is 11.7 Å². The zero-order chi connectivity index (χ0) is 22.4. The molecule has 2 aromatic rings. The van der Waals surface area contributed by atoms with Crippen molar-refractivity contribution in [2.24, 2.45) is 0 Å². The highest BCUT2D eigenvalue weighted by Crippen LogP contribution is 2.20. The number of aromatic amines is 1. The number of esters is 2. The Morgan fingerprint density at radius 2 is 1.80 bits per heavy atom. The number of hydrogen-bond donors (Lipinski definition) is 3. The van der Waals surface area contributed by atoms with Crippen LogP contribution in [0.5, 0.6) is 0 Å². The molecule has 0 radical (unpaired) electrons. The summed E-state index contributed by atoms with van der Waals surface area (Å²) in [4.78, 5) is 51.2. The summed E-state index contributed by atoms with van der Waals surface area (Å²) in [6.07, 6.45) is -0.299. The monoisotopic (exact) mass is 415 g/mol. The van der Waals surface area contributed by atoms with Crippen molar-refractivity contribution in [3.63, 3.8) is 0 Å². The van der Waals surface area contributed by atoms with E-state index < -0.39 is 24.5 Å². The molecular weight excluding hydrogens is 390 g/mol. The molecule has 0 atom stereocenters. The minimum atomic E-state index is -0.770. The van der Waals surface area contributed by atoms with Crippen LogP contribution in [-0.4, -0.2) is 48.5 Å². The Bertz CT molecular complexity index is 977. The molecule has 0 saturated carbocycles. The molecule has 1 aromatic carbocycles. The maximum atomic E-state index is 12.4. The van der Waals surface area contributed by atoms with Gasteiger partial charge < -0.3 is 25.1 Å². The van der Waals surface area contributed by atoms with E-state index in [2.05, 4.69) is 15.6 Å². The van der Waals surface area contributed by atoms with Gasteiger partial charge in [-0.1, -0.05) is 6.07 Å². The molecular formula is C21H25N3O6. The molecule has 0 fully saturated rings. The van der Waals surface area contributed by atoms with Crippen molar-refractivity contribution in [3.8, 4) is 0 Å². The Balaban J connectivity index is 2.02. The summed E-state index contributed by atoms with van der Waals surface area (Å²) in [5.74, 6) is -2.17. The molecule has 0 aliphatic rings. The van der Waals surface area contributed by atoms with E-state index in [4.69, 9.17) is 9.47 Å². The fourth-order valence-electron chi connectivity index (χ4n) is 2.82. The average molecular weight is 415 g/mol. The topological polar surface area (TPSA) is 127 Å². The number of benzene rings is 1. The van der Waals surface area contributed by atoms with E-state index >= 15 is 0 Å². The van der Waals surface area contributed by atoms with Crippen molar-refractivity contribution < 1.29 is 28.7 Å². The van der Waals surface area contributed by atoms with Gasteiger partial charge in [-0.25, -0.2) is 9.59 Å². The molecule has 0 unspecified atom stereocenters. The Hall–Kier alpha value is -3.62. The zero-order valence-corrected chi connectivity index (χ0v) is 17.5. The van der Waals surface area contributed by atoms with Crippen LogP contribution in [0.2, 0.25) is 0 Å². The number of carbonyl (C=O) groups is 4. The number of carbonyl (C=O) groups excluding carboxylic acids is 4. The molecule has 30 heavy (non-hydrogen) atoms. The minimum absolute atomic E-state index is 0.0811. The summed E-state index contributed by atoms with van der Waals surface area (Å²) < 4.78 is 10.2. The van der Waals surface area contributed by atoms with Crippen LogP contribution >= 0.6 is 0 Å². The van der Waals surface area contributed by atoms with Gasteiger partial charge in [-0.05, 0) is 51.5 Å². The summed E-state index contributed by atoms with van der Waals surface area (Å²) in [6, 6.07) is 6.34. The fourth-order valence-corrected chi connectivity index (χ4v) is 2.82. The van der Waals surface area contributed by atoms with Crippen molar-refractivity contribution in [1.82, 2.24) is 10.3 Å². The first kappa shape index (κ1) is 22.7. The number of amides is 2. The van der Waals surface area contributed by atoms with Crippen LogP contribution < -0.4 is 10.6 Å². The molecule has 160 valence electrons. The molecule has 0 spiro atoms. The largest absolute Gasteiger partial charge is 0.459 e. The molecule has 1 heterocycles. The number of H-pyrrole nitrogens is 1. The number of hydrogen-bond acceptors (Lipinski definition) is 6. The second-order valence-electron chi connectivity index (χ2n) is 6.86. The zero-order valence-electron chi connectivity index (χ0n) is 17.5. The first-order chi connectivity index (χ1) is 14.1. The first-order valence-corrected chi connectivity index (χ1v) is 9.33. The summed E-state index contributed by atoms with van der Waals surface area (Å²) in [6.45, 7) is 6.17. The highest BCUT2D eigenvalue weighted by Gasteiger charge is 2.24. The van der Waals surface area contributed by atoms with E-state index in [9.17, 15) is 19.2 Å². The molecule has 2 rings (SSSR count). The Morgan fingerprint density at radius 3 is 2.43 bits per heavy atom. The van der Waals surface area contributed by atoms with Crippen molar-refractivity contribution in [3.05, 3.63) is 52.3 Å². The van der Waals surface area contributed by atoms with Gasteiger partial charge in [0.25, 0.3) is 11.8 Å². The number of anilines is 1. The lowest BCUT2D eigenvalue weighted by atomic mass is 10.1. The molecule has 0 aliphatic heterocycles. The molecule has 1 aromatic heterocycles. The van der Waals surface area contributed by atoms with Gasteiger partial charge in [-0.15, -0.1) is 0 Å². The number of rotatable bonds is 7. The fraction of sp³-hybridized carbons (Fsp3) is 0.333. The van der Waals surface area contributed by atoms with Crippen LogP contribution in [0, 0.1) is 13.8 Å². The quantitative estimate of drug-likeness (QED) is 0.596. The second-order valence-corrected chi connectivity index (χ2v) is 6.86. The molecule has 9 heteroatoms. The molecule has 9 nitrogen and oxygen atoms in total. The van der Waals surface area contributed by atoms with Gasteiger partial charge in [0.1, 0.15) is 5.69 Å². The van der Waals surface area contributed by atoms with Crippen molar-refractivity contribution in [1.29, 1.82) is 0 Å². The van der Waals surface area contributed by atoms with Gasteiger partial charge in [-0.2, -0.15) is 0 Å². The number of aromatic nitrogens is 1. The van der Waals surface area contributed by atoms with Gasteiger partial charge >= 0.3 is 11.9 Å². The highest BCUT2D eigenvalue weighted by atomic mass is 16.5. The minimum Gasteiger partial charge on any atom is -0.459 e. The number of aryl methyl sites for hydroxylation is 1. The van der Waals surface area contributed by atoms with Crippen LogP contribution in [0.25, 0.3) is 0 Å². The smallest absolute Gasteiger partial charge is 0.355 e. The molecule has 2 amide bonds. The molecule has 0 bridgehead atoms. The second kappa shape index (κ2) is 9.73. The Kier molecular flexibility index (Phi) is 7.35. The van der Waals surface area contributed by atoms with Crippen LogP contribution in [0.3, 0.4) is 0 Å². The van der Waals surface area contributed by atoms with Crippen LogP contribution in [-0.2, 0) is 14.3 Å². The predicted molar refractivity (Wildman–Crippen MR) is 110 cm³/mol. The SMILES string of the molecule is CNC(=O)c1cccc(NC(=O)COC(=O)c2[nH]c(C)c(C(=O)OC(C)C)c2C)c1. The van der Waals surface area contributed by atoms with Gasteiger partial charge in [0, 0.05) is 24.0 Å². The lowest BCUT2D eigenvalue weighted by Gasteiger charge is -2.09. The van der Waals surface area contributed by atoms with E-state index in [1.54, 1.807) is 45.9 Å². The van der Waals surface area contributed by atoms with Crippen molar-refractivity contribution in [2.75, 3.05) is 19.0 Å². The van der Waals surface area contributed by atoms with Crippen molar-refractivity contribution >= 4 is 29.4 Å². The maximum absolute atomic E-state index is 12.4. The lowest BCUT2D eigenvalue weighted by molar-refractivity contribution is -0.119. The van der Waals surface area contributed by atoms with E-state index in [0.717, 1.165) is 0 Å². The third-order valence-electron chi connectivity index (χ3n) is 4.16. The van der Waals surface area contributed by atoms with Crippen LogP contribution in [0.15, 0.2) is 24.3 Å². The van der Waals surface area contributed by atoms with Gasteiger partial charge in [-0.3, -0.25) is 9.59 Å². The third kappa shape index (κ3) is 5.47. The van der Waals surface area contributed by atoms with Crippen LogP contribution in [0.4, 0.5) is 5.69 Å². The summed E-state index contributed by atoms with van der Waals surface area (Å²) in [5, 5.41) is 5.05. The predicted octanol–water partition coefficient (Wildman–Crippen LogP) is 2.35. The Labute approximate surface area is 174 Å². The van der Waals surface area contributed by atoms with Crippen molar-refractivity contribution in [2.45, 2.75) is 33.8 Å². The van der Waals surface area contributed by atoms with E-state index in [-0.39, 0.29) is 23.3 Å². The lowest BCUT2D eigenvalue weighted by Crippen LogP contribution is -2.22. The summed E-state index contributed by atoms with van der Waals surface area (Å²) in [5.41, 5.74) is 1.99. The molecule has 0 saturated heterocycles. The molecule has 0 aliphatic carbocycles. The van der Waals surface area contributed by atoms with Crippen LogP contribution in [0.1, 0.15) is 56.3 Å². The Morgan fingerprint density at radius 1 is 1.10 bits per heavy atom. The number of nitrogens with one attached hydrogen (secondary N) is 3. The van der Waals surface area contributed by atoms with E-state index in [1.165, 1.54) is 13.1 Å². The standard InChI is InChI=1S/C21H25N3O6/c1-11(2)30-20(27)17-12(3)18(23-13(17)4)21(28)29-10-16(25)24-15-8-6-7-14(9-15)19(26)22-5/h6-9,11,23H,10H2,1-5H3,(H,22,26)(H,24,25).